The predicted octanol–water partition coefficient (Wildman–Crippen LogP) is 4.34. The van der Waals surface area contributed by atoms with Crippen LogP contribution in [-0.4, -0.2) is 6.54 Å². The average Bonchev–Trinajstić information content (AvgIpc) is 3.12. The van der Waals surface area contributed by atoms with E-state index >= 15 is 0 Å². The summed E-state index contributed by atoms with van der Waals surface area (Å²) in [6.45, 7) is 5.77. The molecule has 2 heteroatoms. The van der Waals surface area contributed by atoms with Gasteiger partial charge in [0, 0.05) is 12.6 Å². The highest BCUT2D eigenvalue weighted by molar-refractivity contribution is 5.85. The summed E-state index contributed by atoms with van der Waals surface area (Å²) in [7, 11) is 0. The summed E-state index contributed by atoms with van der Waals surface area (Å²) in [5, 5.41) is 3.74. The molecule has 1 fully saturated rings. The van der Waals surface area contributed by atoms with Gasteiger partial charge in [-0.25, -0.2) is 0 Å². The third-order valence-corrected chi connectivity index (χ3v) is 4.04. The second-order valence-electron chi connectivity index (χ2n) is 5.11. The fourth-order valence-corrected chi connectivity index (χ4v) is 2.36. The molecule has 2 rings (SSSR count). The molecular formula is C15H24ClN. The summed E-state index contributed by atoms with van der Waals surface area (Å²) in [6.07, 6.45) is 5.33. The van der Waals surface area contributed by atoms with Gasteiger partial charge in [0.2, 0.25) is 0 Å². The Morgan fingerprint density at radius 1 is 1.18 bits per heavy atom. The van der Waals surface area contributed by atoms with Crippen LogP contribution in [-0.2, 0) is 0 Å². The minimum Gasteiger partial charge on any atom is -0.309 e. The monoisotopic (exact) mass is 253 g/mol. The maximum Gasteiger partial charge on any atom is 0.0317 e. The lowest BCUT2D eigenvalue weighted by molar-refractivity contribution is 0.399. The van der Waals surface area contributed by atoms with Crippen LogP contribution in [0.5, 0.6) is 0 Å². The molecule has 1 aliphatic rings. The Labute approximate surface area is 111 Å². The number of hydrogen-bond donors (Lipinski definition) is 1. The second-order valence-corrected chi connectivity index (χ2v) is 5.11. The van der Waals surface area contributed by atoms with Gasteiger partial charge in [0.15, 0.2) is 0 Å². The Hall–Kier alpha value is -0.530. The van der Waals surface area contributed by atoms with Gasteiger partial charge in [-0.2, -0.15) is 0 Å². The zero-order chi connectivity index (χ0) is 11.4. The molecule has 96 valence electrons. The minimum atomic E-state index is 0. The van der Waals surface area contributed by atoms with Crippen molar-refractivity contribution in [3.63, 3.8) is 0 Å². The van der Waals surface area contributed by atoms with E-state index in [9.17, 15) is 0 Å². The number of benzene rings is 1. The van der Waals surface area contributed by atoms with Crippen molar-refractivity contribution in [1.29, 1.82) is 0 Å². The Bertz CT molecular complexity index is 319. The number of hydrogen-bond acceptors (Lipinski definition) is 1. The van der Waals surface area contributed by atoms with E-state index < -0.39 is 0 Å². The lowest BCUT2D eigenvalue weighted by Gasteiger charge is -2.21. The maximum atomic E-state index is 3.74. The first-order valence-corrected chi connectivity index (χ1v) is 6.58. The molecule has 1 atom stereocenters. The first kappa shape index (κ1) is 14.5. The number of halogens is 1. The predicted molar refractivity (Wildman–Crippen MR) is 76.7 cm³/mol. The summed E-state index contributed by atoms with van der Waals surface area (Å²) in [4.78, 5) is 0. The Kier molecular flexibility index (Phi) is 5.48. The van der Waals surface area contributed by atoms with E-state index in [1.165, 1.54) is 37.8 Å². The molecule has 1 aromatic carbocycles. The van der Waals surface area contributed by atoms with Crippen LogP contribution in [0.4, 0.5) is 0 Å². The van der Waals surface area contributed by atoms with Crippen LogP contribution < -0.4 is 5.32 Å². The van der Waals surface area contributed by atoms with Gasteiger partial charge in [0.05, 0.1) is 0 Å². The van der Waals surface area contributed by atoms with Crippen LogP contribution in [0.15, 0.2) is 30.3 Å². The third-order valence-electron chi connectivity index (χ3n) is 4.04. The van der Waals surface area contributed by atoms with Crippen molar-refractivity contribution in [2.45, 2.75) is 45.6 Å². The number of nitrogens with one attached hydrogen (secondary N) is 1. The molecule has 0 aliphatic heterocycles. The van der Waals surface area contributed by atoms with E-state index in [-0.39, 0.29) is 12.4 Å². The van der Waals surface area contributed by atoms with Crippen molar-refractivity contribution in [3.05, 3.63) is 35.9 Å². The molecule has 1 aliphatic carbocycles. The second kappa shape index (κ2) is 6.42. The highest BCUT2D eigenvalue weighted by Gasteiger charge is 2.40. The largest absolute Gasteiger partial charge is 0.309 e. The molecule has 1 unspecified atom stereocenters. The standard InChI is InChI=1S/C15H23N.ClH/c1-3-14(13-8-6-5-7-9-13)16-12-15(4-2)10-11-15;/h5-9,14,16H,3-4,10-12H2,1-2H3;1H. The summed E-state index contributed by atoms with van der Waals surface area (Å²) in [6, 6.07) is 11.3. The van der Waals surface area contributed by atoms with Crippen LogP contribution in [0.2, 0.25) is 0 Å². The van der Waals surface area contributed by atoms with E-state index in [1.54, 1.807) is 0 Å². The van der Waals surface area contributed by atoms with Crippen LogP contribution >= 0.6 is 12.4 Å². The first-order valence-electron chi connectivity index (χ1n) is 6.58. The molecule has 0 saturated heterocycles. The number of rotatable bonds is 6. The molecule has 1 aromatic rings. The molecule has 0 amide bonds. The molecule has 1 nitrogen and oxygen atoms in total. The molecule has 1 saturated carbocycles. The van der Waals surface area contributed by atoms with Crippen molar-refractivity contribution >= 4 is 12.4 Å². The zero-order valence-electron chi connectivity index (χ0n) is 10.9. The van der Waals surface area contributed by atoms with Crippen molar-refractivity contribution in [3.8, 4) is 0 Å². The minimum absolute atomic E-state index is 0. The average molecular weight is 254 g/mol. The summed E-state index contributed by atoms with van der Waals surface area (Å²) in [5.41, 5.74) is 2.07. The van der Waals surface area contributed by atoms with Crippen molar-refractivity contribution in [2.75, 3.05) is 6.54 Å². The van der Waals surface area contributed by atoms with Crippen LogP contribution in [0.1, 0.15) is 51.1 Å². The van der Waals surface area contributed by atoms with E-state index in [0.717, 1.165) is 0 Å². The highest BCUT2D eigenvalue weighted by Crippen LogP contribution is 2.48. The molecule has 0 spiro atoms. The van der Waals surface area contributed by atoms with E-state index in [1.807, 2.05) is 0 Å². The smallest absolute Gasteiger partial charge is 0.0317 e. The van der Waals surface area contributed by atoms with Gasteiger partial charge in [-0.3, -0.25) is 0 Å². The zero-order valence-corrected chi connectivity index (χ0v) is 11.7. The fourth-order valence-electron chi connectivity index (χ4n) is 2.36. The molecule has 17 heavy (non-hydrogen) atoms. The van der Waals surface area contributed by atoms with Crippen LogP contribution in [0.25, 0.3) is 0 Å². The summed E-state index contributed by atoms with van der Waals surface area (Å²) >= 11 is 0. The Balaban J connectivity index is 0.00000144. The quantitative estimate of drug-likeness (QED) is 0.795. The summed E-state index contributed by atoms with van der Waals surface area (Å²) < 4.78 is 0. The Morgan fingerprint density at radius 2 is 1.82 bits per heavy atom. The SMILES string of the molecule is CCC(NCC1(CC)CC1)c1ccccc1.Cl. The molecular weight excluding hydrogens is 230 g/mol. The van der Waals surface area contributed by atoms with Crippen LogP contribution in [0, 0.1) is 5.41 Å². The van der Waals surface area contributed by atoms with Gasteiger partial charge in [0.25, 0.3) is 0 Å². The summed E-state index contributed by atoms with van der Waals surface area (Å²) in [5.74, 6) is 0. The van der Waals surface area contributed by atoms with E-state index in [0.29, 0.717) is 11.5 Å². The van der Waals surface area contributed by atoms with Crippen LogP contribution in [0.3, 0.4) is 0 Å². The molecule has 0 radical (unpaired) electrons. The van der Waals surface area contributed by atoms with Crippen molar-refractivity contribution < 1.29 is 0 Å². The molecule has 0 heterocycles. The third kappa shape index (κ3) is 3.72. The lowest BCUT2D eigenvalue weighted by atomic mass is 10.0. The Morgan fingerprint density at radius 3 is 2.29 bits per heavy atom. The normalized spacial score (nSPS) is 18.2. The molecule has 0 aromatic heterocycles. The van der Waals surface area contributed by atoms with Gasteiger partial charge >= 0.3 is 0 Å². The maximum absolute atomic E-state index is 3.74. The van der Waals surface area contributed by atoms with Gasteiger partial charge in [-0.1, -0.05) is 44.2 Å². The van der Waals surface area contributed by atoms with Crippen molar-refractivity contribution in [2.24, 2.45) is 5.41 Å². The highest BCUT2D eigenvalue weighted by atomic mass is 35.5. The molecule has 1 N–H and O–H groups in total. The lowest BCUT2D eigenvalue weighted by Crippen LogP contribution is -2.27. The van der Waals surface area contributed by atoms with E-state index in [2.05, 4.69) is 49.5 Å². The van der Waals surface area contributed by atoms with Gasteiger partial charge in [-0.15, -0.1) is 12.4 Å². The van der Waals surface area contributed by atoms with E-state index in [4.69, 9.17) is 0 Å². The van der Waals surface area contributed by atoms with Gasteiger partial charge < -0.3 is 5.32 Å². The fraction of sp³-hybridized carbons (Fsp3) is 0.600. The van der Waals surface area contributed by atoms with Gasteiger partial charge in [0.1, 0.15) is 0 Å². The first-order chi connectivity index (χ1) is 7.79. The topological polar surface area (TPSA) is 12.0 Å². The van der Waals surface area contributed by atoms with Crippen molar-refractivity contribution in [1.82, 2.24) is 5.32 Å². The van der Waals surface area contributed by atoms with Gasteiger partial charge in [-0.05, 0) is 36.7 Å². The molecule has 0 bridgehead atoms.